The molecule has 3 aromatic heterocycles. The molecule has 0 aliphatic heterocycles. The van der Waals surface area contributed by atoms with Crippen LogP contribution in [0.3, 0.4) is 0 Å². The summed E-state index contributed by atoms with van der Waals surface area (Å²) in [6.45, 7) is 0. The molecule has 14 aromatic rings. The first-order valence-electron chi connectivity index (χ1n) is 23.8. The largest absolute Gasteiger partial charge is 0.456 e. The highest BCUT2D eigenvalue weighted by atomic mass is 32.1. The number of furan rings is 1. The van der Waals surface area contributed by atoms with Gasteiger partial charge in [0, 0.05) is 64.2 Å². The number of anilines is 3. The molecular formula is C66H42N2OS. The number of para-hydroxylation sites is 4. The maximum Gasteiger partial charge on any atom is 0.136 e. The van der Waals surface area contributed by atoms with Gasteiger partial charge in [0.2, 0.25) is 0 Å². The molecule has 0 fully saturated rings. The van der Waals surface area contributed by atoms with Gasteiger partial charge in [-0.2, -0.15) is 0 Å². The Labute approximate surface area is 409 Å². The average Bonchev–Trinajstić information content (AvgIpc) is 4.12. The van der Waals surface area contributed by atoms with E-state index in [0.29, 0.717) is 0 Å². The Kier molecular flexibility index (Phi) is 9.39. The number of hydrogen-bond acceptors (Lipinski definition) is 3. The summed E-state index contributed by atoms with van der Waals surface area (Å²) in [7, 11) is 0. The molecule has 0 N–H and O–H groups in total. The van der Waals surface area contributed by atoms with Crippen LogP contribution in [-0.4, -0.2) is 4.57 Å². The van der Waals surface area contributed by atoms with Gasteiger partial charge in [0.15, 0.2) is 0 Å². The van der Waals surface area contributed by atoms with Crippen molar-refractivity contribution in [2.45, 2.75) is 0 Å². The number of aromatic nitrogens is 1. The van der Waals surface area contributed by atoms with Gasteiger partial charge in [-0.3, -0.25) is 0 Å². The summed E-state index contributed by atoms with van der Waals surface area (Å²) in [5.74, 6) is 0. The summed E-state index contributed by atoms with van der Waals surface area (Å²) < 4.78 is 11.3. The van der Waals surface area contributed by atoms with Crippen LogP contribution in [0.25, 0.3) is 114 Å². The number of nitrogens with zero attached hydrogens (tertiary/aromatic N) is 2. The molecule has 14 rings (SSSR count). The van der Waals surface area contributed by atoms with Crippen molar-refractivity contribution in [1.82, 2.24) is 4.57 Å². The third-order valence-electron chi connectivity index (χ3n) is 14.1. The van der Waals surface area contributed by atoms with Gasteiger partial charge in [0.1, 0.15) is 11.2 Å². The van der Waals surface area contributed by atoms with Crippen LogP contribution in [0.4, 0.5) is 17.1 Å². The summed E-state index contributed by atoms with van der Waals surface area (Å²) in [6, 6.07) is 92.4. The molecule has 0 spiro atoms. The Balaban J connectivity index is 0.951. The lowest BCUT2D eigenvalue weighted by molar-refractivity contribution is 0.669. The third-order valence-corrected chi connectivity index (χ3v) is 15.3. The van der Waals surface area contributed by atoms with E-state index < -0.39 is 0 Å². The molecule has 3 nitrogen and oxygen atoms in total. The minimum atomic E-state index is 0.894. The van der Waals surface area contributed by atoms with Crippen LogP contribution in [0.5, 0.6) is 0 Å². The maximum atomic E-state index is 6.33. The minimum Gasteiger partial charge on any atom is -0.456 e. The molecule has 0 amide bonds. The van der Waals surface area contributed by atoms with Crippen LogP contribution in [0.15, 0.2) is 259 Å². The first-order chi connectivity index (χ1) is 34.7. The molecule has 0 aliphatic rings. The molecule has 4 heteroatoms. The van der Waals surface area contributed by atoms with Gasteiger partial charge >= 0.3 is 0 Å². The van der Waals surface area contributed by atoms with Crippen molar-refractivity contribution in [3.63, 3.8) is 0 Å². The molecule has 0 atom stereocenters. The molecule has 0 saturated carbocycles. The molecule has 0 saturated heterocycles. The average molecular weight is 911 g/mol. The van der Waals surface area contributed by atoms with Gasteiger partial charge in [0.05, 0.1) is 22.4 Å². The normalized spacial score (nSPS) is 11.7. The molecule has 3 heterocycles. The second kappa shape index (κ2) is 16.4. The van der Waals surface area contributed by atoms with Crippen molar-refractivity contribution in [2.75, 3.05) is 4.90 Å². The minimum absolute atomic E-state index is 0.894. The highest BCUT2D eigenvalue weighted by molar-refractivity contribution is 7.26. The lowest BCUT2D eigenvalue weighted by Crippen LogP contribution is -2.10. The lowest BCUT2D eigenvalue weighted by Gasteiger charge is -2.27. The lowest BCUT2D eigenvalue weighted by atomic mass is 9.97. The summed E-state index contributed by atoms with van der Waals surface area (Å²) in [6.07, 6.45) is 0. The number of benzene rings is 11. The van der Waals surface area contributed by atoms with E-state index in [1.54, 1.807) is 0 Å². The fourth-order valence-electron chi connectivity index (χ4n) is 10.8. The van der Waals surface area contributed by atoms with Crippen LogP contribution in [0.2, 0.25) is 0 Å². The van der Waals surface area contributed by atoms with Crippen LogP contribution in [-0.2, 0) is 0 Å². The Morgan fingerprint density at radius 3 is 1.54 bits per heavy atom. The topological polar surface area (TPSA) is 21.3 Å². The molecule has 0 bridgehead atoms. The molecule has 0 radical (unpaired) electrons. The summed E-state index contributed by atoms with van der Waals surface area (Å²) >= 11 is 1.88. The molecule has 0 aliphatic carbocycles. The van der Waals surface area contributed by atoms with Crippen LogP contribution < -0.4 is 4.90 Å². The van der Waals surface area contributed by atoms with E-state index in [1.165, 1.54) is 75.4 Å². The first-order valence-corrected chi connectivity index (χ1v) is 24.6. The van der Waals surface area contributed by atoms with Crippen molar-refractivity contribution in [1.29, 1.82) is 0 Å². The van der Waals surface area contributed by atoms with E-state index >= 15 is 0 Å². The van der Waals surface area contributed by atoms with E-state index in [0.717, 1.165) is 55.8 Å². The highest BCUT2D eigenvalue weighted by Gasteiger charge is 2.24. The van der Waals surface area contributed by atoms with Crippen molar-refractivity contribution in [3.8, 4) is 50.2 Å². The fourth-order valence-corrected chi connectivity index (χ4v) is 12.1. The number of thiophene rings is 1. The van der Waals surface area contributed by atoms with Crippen LogP contribution >= 0.6 is 11.3 Å². The van der Waals surface area contributed by atoms with Gasteiger partial charge in [-0.25, -0.2) is 0 Å². The Hall–Kier alpha value is -8.96. The quantitative estimate of drug-likeness (QED) is 0.151. The standard InChI is InChI=1S/C66H42N2OS/c1-2-15-43(16-3-1)44-29-31-45(32-30-44)46-33-37-48(38-34-46)67(49-39-35-47(36-40-49)50-22-14-27-62-64(50)55-20-7-12-26-61(55)69-62)60-42-41-54(66-65(60)56-21-8-13-28-63(56)70-66)53-19-6-11-25-59(53)68-57-23-9-4-17-51(57)52-18-5-10-24-58(52)68/h1-42H. The summed E-state index contributed by atoms with van der Waals surface area (Å²) in [5.41, 5.74) is 18.1. The zero-order valence-corrected chi connectivity index (χ0v) is 38.8. The Morgan fingerprint density at radius 2 is 0.843 bits per heavy atom. The van der Waals surface area contributed by atoms with Crippen LogP contribution in [0.1, 0.15) is 0 Å². The number of hydrogen-bond donors (Lipinski definition) is 0. The summed E-state index contributed by atoms with van der Waals surface area (Å²) in [5, 5.41) is 7.24. The van der Waals surface area contributed by atoms with Crippen molar-refractivity contribution in [2.24, 2.45) is 0 Å². The predicted molar refractivity (Wildman–Crippen MR) is 297 cm³/mol. The van der Waals surface area contributed by atoms with Crippen LogP contribution in [0, 0.1) is 0 Å². The second-order valence-electron chi connectivity index (χ2n) is 18.0. The van der Waals surface area contributed by atoms with Crippen molar-refractivity contribution < 1.29 is 4.42 Å². The zero-order valence-electron chi connectivity index (χ0n) is 38.0. The number of rotatable bonds is 8. The van der Waals surface area contributed by atoms with Crippen molar-refractivity contribution >= 4 is 92.3 Å². The van der Waals surface area contributed by atoms with E-state index in [2.05, 4.69) is 252 Å². The SMILES string of the molecule is c1ccc(-c2ccc(-c3ccc(N(c4ccc(-c5cccc6oc7ccccc7c56)cc4)c4ccc(-c5ccccc5-n5c6ccccc6c6ccccc65)c5sc6ccccc6c45)cc3)cc2)cc1. The smallest absolute Gasteiger partial charge is 0.136 e. The van der Waals surface area contributed by atoms with Gasteiger partial charge in [-0.15, -0.1) is 11.3 Å². The molecular weight excluding hydrogens is 869 g/mol. The fraction of sp³-hybridized carbons (Fsp3) is 0. The third kappa shape index (κ3) is 6.49. The molecule has 70 heavy (non-hydrogen) atoms. The van der Waals surface area contributed by atoms with Gasteiger partial charge in [-0.1, -0.05) is 188 Å². The van der Waals surface area contributed by atoms with E-state index in [9.17, 15) is 0 Å². The van der Waals surface area contributed by atoms with E-state index in [-0.39, 0.29) is 0 Å². The van der Waals surface area contributed by atoms with Gasteiger partial charge in [-0.05, 0) is 100 Å². The van der Waals surface area contributed by atoms with Gasteiger partial charge in [0.25, 0.3) is 0 Å². The second-order valence-corrected chi connectivity index (χ2v) is 19.0. The first kappa shape index (κ1) is 40.1. The maximum absolute atomic E-state index is 6.33. The summed E-state index contributed by atoms with van der Waals surface area (Å²) in [4.78, 5) is 2.45. The molecule has 0 unspecified atom stereocenters. The molecule has 11 aromatic carbocycles. The Morgan fingerprint density at radius 1 is 0.329 bits per heavy atom. The number of fused-ring (bicyclic) bond motifs is 9. The van der Waals surface area contributed by atoms with Gasteiger partial charge < -0.3 is 13.9 Å². The van der Waals surface area contributed by atoms with Crippen molar-refractivity contribution in [3.05, 3.63) is 255 Å². The van der Waals surface area contributed by atoms with E-state index in [1.807, 2.05) is 23.5 Å². The Bertz CT molecular complexity index is 4220. The highest BCUT2D eigenvalue weighted by Crippen LogP contribution is 2.50. The van der Waals surface area contributed by atoms with E-state index in [4.69, 9.17) is 4.42 Å². The monoisotopic (exact) mass is 910 g/mol. The predicted octanol–water partition coefficient (Wildman–Crippen LogP) is 19.2. The molecule has 328 valence electrons. The zero-order chi connectivity index (χ0) is 46.1.